The van der Waals surface area contributed by atoms with Crippen molar-refractivity contribution in [2.45, 2.75) is 20.0 Å². The van der Waals surface area contributed by atoms with Crippen molar-refractivity contribution in [2.75, 3.05) is 0 Å². The van der Waals surface area contributed by atoms with Crippen LogP contribution in [0.2, 0.25) is 5.15 Å². The summed E-state index contributed by atoms with van der Waals surface area (Å²) in [7, 11) is 0. The molecule has 0 aliphatic rings. The van der Waals surface area contributed by atoms with E-state index in [1.54, 1.807) is 25.3 Å². The van der Waals surface area contributed by atoms with Crippen LogP contribution in [0.1, 0.15) is 25.6 Å². The standard InChI is InChI=1S/C11H10ClNO3/c1-6(16-7(2)14)9-5-8-3-4-15-10(8)11(12)13-9/h3-6H,1-2H3/t6-/m1/s1. The first-order chi connectivity index (χ1) is 7.58. The van der Waals surface area contributed by atoms with Gasteiger partial charge in [-0.3, -0.25) is 4.79 Å². The van der Waals surface area contributed by atoms with Gasteiger partial charge >= 0.3 is 5.97 Å². The maximum atomic E-state index is 10.8. The van der Waals surface area contributed by atoms with Crippen LogP contribution in [0.15, 0.2) is 22.8 Å². The zero-order valence-electron chi connectivity index (χ0n) is 8.86. The SMILES string of the molecule is CC(=O)O[C@H](C)c1cc2ccoc2c(Cl)n1. The van der Waals surface area contributed by atoms with Crippen LogP contribution in [0, 0.1) is 0 Å². The number of ether oxygens (including phenoxy) is 1. The molecule has 0 unspecified atom stereocenters. The number of carbonyl (C=O) groups excluding carboxylic acids is 1. The second-order valence-electron chi connectivity index (χ2n) is 3.43. The molecule has 0 saturated heterocycles. The van der Waals surface area contributed by atoms with E-state index >= 15 is 0 Å². The molecule has 0 N–H and O–H groups in total. The number of esters is 1. The van der Waals surface area contributed by atoms with Crippen molar-refractivity contribution in [3.05, 3.63) is 29.2 Å². The molecule has 0 aliphatic heterocycles. The Balaban J connectivity index is 2.41. The highest BCUT2D eigenvalue weighted by Crippen LogP contribution is 2.26. The van der Waals surface area contributed by atoms with E-state index in [0.717, 1.165) is 5.39 Å². The first-order valence-electron chi connectivity index (χ1n) is 4.79. The Hall–Kier alpha value is -1.55. The van der Waals surface area contributed by atoms with E-state index in [1.165, 1.54) is 6.92 Å². The third kappa shape index (κ3) is 2.02. The number of pyridine rings is 1. The second kappa shape index (κ2) is 4.14. The van der Waals surface area contributed by atoms with Crippen molar-refractivity contribution in [1.29, 1.82) is 0 Å². The summed E-state index contributed by atoms with van der Waals surface area (Å²) in [6.07, 6.45) is 1.12. The fourth-order valence-electron chi connectivity index (χ4n) is 1.47. The molecule has 0 saturated carbocycles. The van der Waals surface area contributed by atoms with E-state index < -0.39 is 6.10 Å². The molecule has 0 amide bonds. The number of furan rings is 1. The van der Waals surface area contributed by atoms with Gasteiger partial charge in [0.05, 0.1) is 12.0 Å². The number of hydrogen-bond acceptors (Lipinski definition) is 4. The van der Waals surface area contributed by atoms with Gasteiger partial charge in [-0.25, -0.2) is 4.98 Å². The van der Waals surface area contributed by atoms with Crippen molar-refractivity contribution in [3.8, 4) is 0 Å². The van der Waals surface area contributed by atoms with Crippen LogP contribution < -0.4 is 0 Å². The van der Waals surface area contributed by atoms with Gasteiger partial charge in [0.2, 0.25) is 0 Å². The van der Waals surface area contributed by atoms with Crippen molar-refractivity contribution >= 4 is 28.5 Å². The first kappa shape index (κ1) is 11.0. The Morgan fingerprint density at radius 1 is 1.62 bits per heavy atom. The van der Waals surface area contributed by atoms with Crippen molar-refractivity contribution in [3.63, 3.8) is 0 Å². The van der Waals surface area contributed by atoms with Gasteiger partial charge in [0.1, 0.15) is 6.10 Å². The summed E-state index contributed by atoms with van der Waals surface area (Å²) in [6, 6.07) is 3.57. The summed E-state index contributed by atoms with van der Waals surface area (Å²) < 4.78 is 10.2. The van der Waals surface area contributed by atoms with E-state index in [0.29, 0.717) is 11.3 Å². The molecule has 0 bridgehead atoms. The van der Waals surface area contributed by atoms with Gasteiger partial charge in [-0.05, 0) is 19.1 Å². The zero-order valence-corrected chi connectivity index (χ0v) is 9.62. The lowest BCUT2D eigenvalue weighted by atomic mass is 10.2. The van der Waals surface area contributed by atoms with Gasteiger partial charge in [0, 0.05) is 12.3 Å². The lowest BCUT2D eigenvalue weighted by Gasteiger charge is -2.11. The lowest BCUT2D eigenvalue weighted by Crippen LogP contribution is -2.06. The topological polar surface area (TPSA) is 52.3 Å². The minimum atomic E-state index is -0.422. The maximum absolute atomic E-state index is 10.8. The number of hydrogen-bond donors (Lipinski definition) is 0. The molecule has 2 rings (SSSR count). The normalized spacial score (nSPS) is 12.7. The highest BCUT2D eigenvalue weighted by atomic mass is 35.5. The molecule has 2 aromatic heterocycles. The molecule has 0 radical (unpaired) electrons. The summed E-state index contributed by atoms with van der Waals surface area (Å²) in [4.78, 5) is 14.9. The molecule has 4 nitrogen and oxygen atoms in total. The zero-order chi connectivity index (χ0) is 11.7. The Morgan fingerprint density at radius 2 is 2.38 bits per heavy atom. The Bertz CT molecular complexity index is 535. The first-order valence-corrected chi connectivity index (χ1v) is 5.16. The molecular formula is C11H10ClNO3. The fourth-order valence-corrected chi connectivity index (χ4v) is 1.73. The van der Waals surface area contributed by atoms with E-state index in [4.69, 9.17) is 20.8 Å². The number of halogens is 1. The Morgan fingerprint density at radius 3 is 3.06 bits per heavy atom. The highest BCUT2D eigenvalue weighted by molar-refractivity contribution is 6.33. The molecule has 2 heterocycles. The van der Waals surface area contributed by atoms with Gasteiger partial charge in [-0.1, -0.05) is 11.6 Å². The molecule has 0 aromatic carbocycles. The lowest BCUT2D eigenvalue weighted by molar-refractivity contribution is -0.145. The van der Waals surface area contributed by atoms with Crippen LogP contribution in [0.4, 0.5) is 0 Å². The quantitative estimate of drug-likeness (QED) is 0.597. The molecule has 16 heavy (non-hydrogen) atoms. The third-order valence-electron chi connectivity index (χ3n) is 2.17. The van der Waals surface area contributed by atoms with Gasteiger partial charge in [-0.2, -0.15) is 0 Å². The van der Waals surface area contributed by atoms with E-state index in [-0.39, 0.29) is 11.1 Å². The summed E-state index contributed by atoms with van der Waals surface area (Å²) in [5, 5.41) is 1.12. The van der Waals surface area contributed by atoms with E-state index in [1.807, 2.05) is 0 Å². The van der Waals surface area contributed by atoms with Crippen LogP contribution in [-0.2, 0) is 9.53 Å². The summed E-state index contributed by atoms with van der Waals surface area (Å²) >= 11 is 5.94. The van der Waals surface area contributed by atoms with Gasteiger partial charge in [0.15, 0.2) is 10.7 Å². The smallest absolute Gasteiger partial charge is 0.303 e. The number of fused-ring (bicyclic) bond motifs is 1. The average Bonchev–Trinajstić information content (AvgIpc) is 2.64. The predicted octanol–water partition coefficient (Wildman–Crippen LogP) is 3.11. The molecule has 0 aliphatic carbocycles. The van der Waals surface area contributed by atoms with Crippen molar-refractivity contribution < 1.29 is 13.9 Å². The molecule has 5 heteroatoms. The molecule has 0 fully saturated rings. The van der Waals surface area contributed by atoms with E-state index in [2.05, 4.69) is 4.98 Å². The van der Waals surface area contributed by atoms with Crippen LogP contribution in [0.3, 0.4) is 0 Å². The van der Waals surface area contributed by atoms with Crippen molar-refractivity contribution in [2.24, 2.45) is 0 Å². The average molecular weight is 240 g/mol. The molecule has 1 atom stereocenters. The monoisotopic (exact) mass is 239 g/mol. The van der Waals surface area contributed by atoms with Crippen LogP contribution in [-0.4, -0.2) is 11.0 Å². The molecule has 84 valence electrons. The number of rotatable bonds is 2. The molecule has 2 aromatic rings. The highest BCUT2D eigenvalue weighted by Gasteiger charge is 2.14. The summed E-state index contributed by atoms with van der Waals surface area (Å²) in [5.74, 6) is -0.349. The minimum absolute atomic E-state index is 0.275. The summed E-state index contributed by atoms with van der Waals surface area (Å²) in [6.45, 7) is 3.10. The van der Waals surface area contributed by atoms with Crippen LogP contribution in [0.25, 0.3) is 11.0 Å². The summed E-state index contributed by atoms with van der Waals surface area (Å²) in [5.41, 5.74) is 1.15. The number of aromatic nitrogens is 1. The number of nitrogens with zero attached hydrogens (tertiary/aromatic N) is 1. The largest absolute Gasteiger partial charge is 0.461 e. The van der Waals surface area contributed by atoms with Crippen LogP contribution in [0.5, 0.6) is 0 Å². The molecular weight excluding hydrogens is 230 g/mol. The predicted molar refractivity (Wildman–Crippen MR) is 59.2 cm³/mol. The van der Waals surface area contributed by atoms with Crippen LogP contribution >= 0.6 is 11.6 Å². The third-order valence-corrected chi connectivity index (χ3v) is 2.43. The minimum Gasteiger partial charge on any atom is -0.461 e. The Labute approximate surface area is 97.2 Å². The second-order valence-corrected chi connectivity index (χ2v) is 3.79. The number of carbonyl (C=O) groups is 1. The van der Waals surface area contributed by atoms with Gasteiger partial charge < -0.3 is 9.15 Å². The van der Waals surface area contributed by atoms with E-state index in [9.17, 15) is 4.79 Å². The fraction of sp³-hybridized carbons (Fsp3) is 0.273. The van der Waals surface area contributed by atoms with Gasteiger partial charge in [-0.15, -0.1) is 0 Å². The van der Waals surface area contributed by atoms with Crippen molar-refractivity contribution in [1.82, 2.24) is 4.98 Å². The maximum Gasteiger partial charge on any atom is 0.303 e. The molecule has 0 spiro atoms. The Kier molecular flexibility index (Phi) is 2.83. The van der Waals surface area contributed by atoms with Gasteiger partial charge in [0.25, 0.3) is 0 Å².